The minimum Gasteiger partial charge on any atom is -0.308 e. The van der Waals surface area contributed by atoms with Gasteiger partial charge in [-0.15, -0.1) is 0 Å². The van der Waals surface area contributed by atoms with E-state index in [1.54, 1.807) is 29.1 Å². The summed E-state index contributed by atoms with van der Waals surface area (Å²) in [5, 5.41) is 7.36. The molecule has 2 aromatic rings. The topological polar surface area (TPSA) is 29.9 Å². The quantitative estimate of drug-likeness (QED) is 0.907. The first-order chi connectivity index (χ1) is 8.16. The standard InChI is InChI=1S/C12H13ClFN3/c1-17-8-9(6-16-17)5-15-7-10-3-2-4-11(13)12(10)14/h2-4,6,8,15H,5,7H2,1H3. The Morgan fingerprint density at radius 2 is 2.24 bits per heavy atom. The van der Waals surface area contributed by atoms with E-state index in [4.69, 9.17) is 11.6 Å². The van der Waals surface area contributed by atoms with Crippen molar-refractivity contribution in [2.24, 2.45) is 7.05 Å². The number of benzene rings is 1. The summed E-state index contributed by atoms with van der Waals surface area (Å²) in [4.78, 5) is 0. The maximum Gasteiger partial charge on any atom is 0.146 e. The van der Waals surface area contributed by atoms with Crippen molar-refractivity contribution in [1.82, 2.24) is 15.1 Å². The summed E-state index contributed by atoms with van der Waals surface area (Å²) >= 11 is 5.70. The van der Waals surface area contributed by atoms with Gasteiger partial charge in [0.15, 0.2) is 0 Å². The van der Waals surface area contributed by atoms with Gasteiger partial charge in [-0.05, 0) is 6.07 Å². The first kappa shape index (κ1) is 12.1. The fourth-order valence-electron chi connectivity index (χ4n) is 1.59. The average Bonchev–Trinajstić information content (AvgIpc) is 2.70. The van der Waals surface area contributed by atoms with Gasteiger partial charge >= 0.3 is 0 Å². The fourth-order valence-corrected chi connectivity index (χ4v) is 1.78. The summed E-state index contributed by atoms with van der Waals surface area (Å²) in [5.74, 6) is -0.354. The Balaban J connectivity index is 1.92. The second-order valence-corrected chi connectivity index (χ2v) is 4.25. The molecule has 0 radical (unpaired) electrons. The predicted octanol–water partition coefficient (Wildman–Crippen LogP) is 2.50. The van der Waals surface area contributed by atoms with Gasteiger partial charge in [0.1, 0.15) is 5.82 Å². The third-order valence-corrected chi connectivity index (χ3v) is 2.73. The van der Waals surface area contributed by atoms with Crippen molar-refractivity contribution < 1.29 is 4.39 Å². The van der Waals surface area contributed by atoms with Gasteiger partial charge in [-0.25, -0.2) is 4.39 Å². The average molecular weight is 254 g/mol. The van der Waals surface area contributed by atoms with Crippen LogP contribution in [0.4, 0.5) is 4.39 Å². The highest BCUT2D eigenvalue weighted by Gasteiger charge is 2.05. The Morgan fingerprint density at radius 1 is 1.41 bits per heavy atom. The number of hydrogen-bond donors (Lipinski definition) is 1. The van der Waals surface area contributed by atoms with Crippen molar-refractivity contribution in [2.75, 3.05) is 0 Å². The van der Waals surface area contributed by atoms with Crippen LogP contribution in [0.25, 0.3) is 0 Å². The molecule has 0 aliphatic heterocycles. The summed E-state index contributed by atoms with van der Waals surface area (Å²) in [6.07, 6.45) is 3.70. The zero-order valence-electron chi connectivity index (χ0n) is 9.45. The van der Waals surface area contributed by atoms with Crippen LogP contribution in [0.15, 0.2) is 30.6 Å². The van der Waals surface area contributed by atoms with Gasteiger partial charge in [0, 0.05) is 37.5 Å². The van der Waals surface area contributed by atoms with Crippen LogP contribution < -0.4 is 5.32 Å². The molecule has 90 valence electrons. The van der Waals surface area contributed by atoms with E-state index >= 15 is 0 Å². The van der Waals surface area contributed by atoms with E-state index in [9.17, 15) is 4.39 Å². The zero-order valence-corrected chi connectivity index (χ0v) is 10.2. The maximum atomic E-state index is 13.5. The molecule has 5 heteroatoms. The van der Waals surface area contributed by atoms with Crippen LogP contribution in [0, 0.1) is 5.82 Å². The van der Waals surface area contributed by atoms with Crippen molar-refractivity contribution in [1.29, 1.82) is 0 Å². The molecule has 1 aromatic carbocycles. The molecule has 0 unspecified atom stereocenters. The largest absolute Gasteiger partial charge is 0.308 e. The molecule has 0 bridgehead atoms. The van der Waals surface area contributed by atoms with Crippen molar-refractivity contribution in [3.8, 4) is 0 Å². The van der Waals surface area contributed by atoms with Crippen molar-refractivity contribution >= 4 is 11.6 Å². The normalized spacial score (nSPS) is 10.8. The molecule has 0 saturated heterocycles. The van der Waals surface area contributed by atoms with Crippen LogP contribution in [-0.4, -0.2) is 9.78 Å². The summed E-state index contributed by atoms with van der Waals surface area (Å²) in [6.45, 7) is 1.10. The molecule has 2 rings (SSSR count). The lowest BCUT2D eigenvalue weighted by molar-refractivity contribution is 0.588. The van der Waals surface area contributed by atoms with Gasteiger partial charge in [0.05, 0.1) is 11.2 Å². The monoisotopic (exact) mass is 253 g/mol. The lowest BCUT2D eigenvalue weighted by Gasteiger charge is -2.05. The van der Waals surface area contributed by atoms with Gasteiger partial charge in [-0.2, -0.15) is 5.10 Å². The minimum absolute atomic E-state index is 0.158. The molecule has 3 nitrogen and oxygen atoms in total. The third kappa shape index (κ3) is 3.05. The van der Waals surface area contributed by atoms with Crippen LogP contribution in [0.2, 0.25) is 5.02 Å². The summed E-state index contributed by atoms with van der Waals surface area (Å²) in [6, 6.07) is 5.01. The van der Waals surface area contributed by atoms with E-state index in [1.165, 1.54) is 0 Å². The second kappa shape index (κ2) is 5.29. The molecule has 1 N–H and O–H groups in total. The van der Waals surface area contributed by atoms with Crippen LogP contribution in [0.5, 0.6) is 0 Å². The van der Waals surface area contributed by atoms with Crippen LogP contribution >= 0.6 is 11.6 Å². The molecule has 0 amide bonds. The molecule has 17 heavy (non-hydrogen) atoms. The van der Waals surface area contributed by atoms with Crippen molar-refractivity contribution in [3.63, 3.8) is 0 Å². The number of rotatable bonds is 4. The van der Waals surface area contributed by atoms with E-state index < -0.39 is 0 Å². The van der Waals surface area contributed by atoms with Gasteiger partial charge in [0.2, 0.25) is 0 Å². The summed E-state index contributed by atoms with van der Waals surface area (Å²) in [7, 11) is 1.86. The van der Waals surface area contributed by atoms with Gasteiger partial charge in [0.25, 0.3) is 0 Å². The second-order valence-electron chi connectivity index (χ2n) is 3.84. The van der Waals surface area contributed by atoms with Gasteiger partial charge < -0.3 is 5.32 Å². The molecular weight excluding hydrogens is 241 g/mol. The van der Waals surface area contributed by atoms with Crippen LogP contribution in [0.3, 0.4) is 0 Å². The zero-order chi connectivity index (χ0) is 12.3. The Morgan fingerprint density at radius 3 is 2.94 bits per heavy atom. The Labute approximate surface area is 104 Å². The highest BCUT2D eigenvalue weighted by molar-refractivity contribution is 6.30. The molecule has 1 heterocycles. The van der Waals surface area contributed by atoms with E-state index in [-0.39, 0.29) is 10.8 Å². The molecule has 0 saturated carbocycles. The summed E-state index contributed by atoms with van der Waals surface area (Å²) in [5.41, 5.74) is 1.64. The van der Waals surface area contributed by atoms with Gasteiger partial charge in [-0.3, -0.25) is 4.68 Å². The Bertz CT molecular complexity index is 510. The van der Waals surface area contributed by atoms with E-state index in [0.717, 1.165) is 5.56 Å². The van der Waals surface area contributed by atoms with Crippen LogP contribution in [0.1, 0.15) is 11.1 Å². The lowest BCUT2D eigenvalue weighted by atomic mass is 10.2. The molecule has 1 aromatic heterocycles. The molecular formula is C12H13ClFN3. The van der Waals surface area contributed by atoms with Crippen LogP contribution in [-0.2, 0) is 20.1 Å². The summed E-state index contributed by atoms with van der Waals surface area (Å²) < 4.78 is 15.3. The highest BCUT2D eigenvalue weighted by Crippen LogP contribution is 2.17. The highest BCUT2D eigenvalue weighted by atomic mass is 35.5. The first-order valence-corrected chi connectivity index (χ1v) is 5.66. The number of aryl methyl sites for hydroxylation is 1. The van der Waals surface area contributed by atoms with E-state index in [1.807, 2.05) is 13.2 Å². The molecule has 0 aliphatic carbocycles. The molecule has 0 fully saturated rings. The predicted molar refractivity (Wildman–Crippen MR) is 65.2 cm³/mol. The van der Waals surface area contributed by atoms with E-state index in [2.05, 4.69) is 10.4 Å². The molecule has 0 spiro atoms. The number of halogens is 2. The SMILES string of the molecule is Cn1cc(CNCc2cccc(Cl)c2F)cn1. The Kier molecular flexibility index (Phi) is 3.76. The smallest absolute Gasteiger partial charge is 0.146 e. The number of hydrogen-bond acceptors (Lipinski definition) is 2. The number of nitrogens with zero attached hydrogens (tertiary/aromatic N) is 2. The first-order valence-electron chi connectivity index (χ1n) is 5.28. The molecule has 0 atom stereocenters. The third-order valence-electron chi connectivity index (χ3n) is 2.43. The Hall–Kier alpha value is -1.39. The number of nitrogens with one attached hydrogen (secondary N) is 1. The minimum atomic E-state index is -0.354. The van der Waals surface area contributed by atoms with Crippen molar-refractivity contribution in [3.05, 3.63) is 52.6 Å². The fraction of sp³-hybridized carbons (Fsp3) is 0.250. The van der Waals surface area contributed by atoms with E-state index in [0.29, 0.717) is 18.7 Å². The maximum absolute atomic E-state index is 13.5. The van der Waals surface area contributed by atoms with Gasteiger partial charge in [-0.1, -0.05) is 23.7 Å². The molecule has 0 aliphatic rings. The lowest BCUT2D eigenvalue weighted by Crippen LogP contribution is -2.13. The number of aromatic nitrogens is 2. The van der Waals surface area contributed by atoms with Crippen molar-refractivity contribution in [2.45, 2.75) is 13.1 Å².